The maximum absolute atomic E-state index is 12.4. The minimum Gasteiger partial charge on any atom is -0.368 e. The fourth-order valence-corrected chi connectivity index (χ4v) is 2.93. The number of carbonyl (C=O) groups excluding carboxylic acids is 1. The van der Waals surface area contributed by atoms with Crippen molar-refractivity contribution in [3.8, 4) is 0 Å². The second-order valence-electron chi connectivity index (χ2n) is 5.65. The molecular weight excluding hydrogens is 300 g/mol. The van der Waals surface area contributed by atoms with Crippen molar-refractivity contribution < 1.29 is 4.79 Å². The van der Waals surface area contributed by atoms with Gasteiger partial charge in [-0.15, -0.1) is 0 Å². The van der Waals surface area contributed by atoms with Gasteiger partial charge in [-0.3, -0.25) is 9.89 Å². The van der Waals surface area contributed by atoms with Crippen LogP contribution in [0.3, 0.4) is 0 Å². The Morgan fingerprint density at radius 2 is 1.91 bits per heavy atom. The Balaban J connectivity index is 1.67. The molecule has 0 aliphatic carbocycles. The monoisotopic (exact) mass is 318 g/mol. The van der Waals surface area contributed by atoms with E-state index in [1.165, 1.54) is 5.56 Å². The average Bonchev–Trinajstić information content (AvgIpc) is 2.96. The van der Waals surface area contributed by atoms with Crippen LogP contribution < -0.4 is 4.90 Å². The Bertz CT molecular complexity index is 689. The van der Waals surface area contributed by atoms with Crippen LogP contribution in [0.25, 0.3) is 0 Å². The summed E-state index contributed by atoms with van der Waals surface area (Å²) >= 11 is 6.09. The molecule has 1 aliphatic heterocycles. The minimum absolute atomic E-state index is 0.00758. The van der Waals surface area contributed by atoms with E-state index in [-0.39, 0.29) is 5.91 Å². The van der Waals surface area contributed by atoms with E-state index in [0.29, 0.717) is 18.8 Å². The van der Waals surface area contributed by atoms with E-state index < -0.39 is 0 Å². The van der Waals surface area contributed by atoms with Gasteiger partial charge in [-0.25, -0.2) is 0 Å². The number of nitrogens with zero attached hydrogens (tertiary/aromatic N) is 3. The molecule has 0 bridgehead atoms. The van der Waals surface area contributed by atoms with E-state index in [4.69, 9.17) is 11.6 Å². The highest BCUT2D eigenvalue weighted by Gasteiger charge is 2.24. The molecule has 1 aromatic heterocycles. The first kappa shape index (κ1) is 14.9. The number of halogens is 1. The molecule has 0 spiro atoms. The maximum Gasteiger partial charge on any atom is 0.274 e. The first-order valence-corrected chi connectivity index (χ1v) is 7.75. The van der Waals surface area contributed by atoms with Crippen molar-refractivity contribution in [3.05, 3.63) is 46.2 Å². The number of aromatic amines is 1. The summed E-state index contributed by atoms with van der Waals surface area (Å²) in [6.07, 6.45) is 0. The summed E-state index contributed by atoms with van der Waals surface area (Å²) in [5.74, 6) is -0.00758. The largest absolute Gasteiger partial charge is 0.368 e. The number of rotatable bonds is 2. The lowest BCUT2D eigenvalue weighted by Crippen LogP contribution is -2.49. The van der Waals surface area contributed by atoms with Crippen LogP contribution in [0.5, 0.6) is 0 Å². The SMILES string of the molecule is Cc1cc(C(=O)N2CCN(c3cc(Cl)ccc3C)CC2)n[nH]1. The van der Waals surface area contributed by atoms with Crippen LogP contribution in [0.1, 0.15) is 21.7 Å². The molecule has 0 atom stereocenters. The molecule has 1 saturated heterocycles. The zero-order valence-electron chi connectivity index (χ0n) is 12.8. The van der Waals surface area contributed by atoms with Crippen LogP contribution >= 0.6 is 11.6 Å². The lowest BCUT2D eigenvalue weighted by molar-refractivity contribution is 0.0741. The van der Waals surface area contributed by atoms with Gasteiger partial charge in [0.1, 0.15) is 5.69 Å². The Morgan fingerprint density at radius 1 is 1.18 bits per heavy atom. The van der Waals surface area contributed by atoms with Gasteiger partial charge in [-0.2, -0.15) is 5.10 Å². The molecule has 5 nitrogen and oxygen atoms in total. The van der Waals surface area contributed by atoms with Crippen molar-refractivity contribution in [2.75, 3.05) is 31.1 Å². The summed E-state index contributed by atoms with van der Waals surface area (Å²) in [6.45, 7) is 6.96. The molecule has 1 N–H and O–H groups in total. The van der Waals surface area contributed by atoms with Crippen molar-refractivity contribution in [2.45, 2.75) is 13.8 Å². The maximum atomic E-state index is 12.4. The smallest absolute Gasteiger partial charge is 0.274 e. The number of nitrogens with one attached hydrogen (secondary N) is 1. The number of piperazine rings is 1. The third-order valence-electron chi connectivity index (χ3n) is 4.00. The van der Waals surface area contributed by atoms with Gasteiger partial charge in [0.05, 0.1) is 0 Å². The Morgan fingerprint density at radius 3 is 2.55 bits per heavy atom. The molecule has 1 aliphatic rings. The lowest BCUT2D eigenvalue weighted by Gasteiger charge is -2.36. The summed E-state index contributed by atoms with van der Waals surface area (Å²) in [5.41, 5.74) is 3.74. The summed E-state index contributed by atoms with van der Waals surface area (Å²) < 4.78 is 0. The van der Waals surface area contributed by atoms with Crippen molar-refractivity contribution in [3.63, 3.8) is 0 Å². The second-order valence-corrected chi connectivity index (χ2v) is 6.08. The van der Waals surface area contributed by atoms with Gasteiger partial charge in [-0.05, 0) is 37.6 Å². The Hall–Kier alpha value is -2.01. The van der Waals surface area contributed by atoms with Crippen molar-refractivity contribution in [2.24, 2.45) is 0 Å². The first-order valence-electron chi connectivity index (χ1n) is 7.37. The number of anilines is 1. The van der Waals surface area contributed by atoms with E-state index in [1.807, 2.05) is 30.0 Å². The number of aromatic nitrogens is 2. The summed E-state index contributed by atoms with van der Waals surface area (Å²) in [6, 6.07) is 7.71. The highest BCUT2D eigenvalue weighted by atomic mass is 35.5. The summed E-state index contributed by atoms with van der Waals surface area (Å²) in [4.78, 5) is 16.5. The van der Waals surface area contributed by atoms with Crippen LogP contribution in [0, 0.1) is 13.8 Å². The van der Waals surface area contributed by atoms with Gasteiger partial charge < -0.3 is 9.80 Å². The van der Waals surface area contributed by atoms with Crippen LogP contribution in [0.15, 0.2) is 24.3 Å². The van der Waals surface area contributed by atoms with Crippen LogP contribution in [0.4, 0.5) is 5.69 Å². The van der Waals surface area contributed by atoms with E-state index >= 15 is 0 Å². The van der Waals surface area contributed by atoms with Gasteiger partial charge in [0.15, 0.2) is 0 Å². The Kier molecular flexibility index (Phi) is 4.07. The molecule has 6 heteroatoms. The van der Waals surface area contributed by atoms with Crippen LogP contribution in [-0.2, 0) is 0 Å². The third-order valence-corrected chi connectivity index (χ3v) is 4.24. The van der Waals surface area contributed by atoms with Gasteiger partial charge in [0.2, 0.25) is 0 Å². The second kappa shape index (κ2) is 6.01. The number of amides is 1. The number of H-pyrrole nitrogens is 1. The molecule has 22 heavy (non-hydrogen) atoms. The summed E-state index contributed by atoms with van der Waals surface area (Å²) in [5, 5.41) is 7.60. The number of benzene rings is 1. The molecule has 3 rings (SSSR count). The Labute approximate surface area is 134 Å². The van der Waals surface area contributed by atoms with Gasteiger partial charge >= 0.3 is 0 Å². The van der Waals surface area contributed by atoms with E-state index in [1.54, 1.807) is 6.07 Å². The highest BCUT2D eigenvalue weighted by Crippen LogP contribution is 2.25. The predicted octanol–water partition coefficient (Wildman–Crippen LogP) is 2.64. The molecule has 2 heterocycles. The van der Waals surface area contributed by atoms with Crippen LogP contribution in [0.2, 0.25) is 5.02 Å². The predicted molar refractivity (Wildman–Crippen MR) is 87.6 cm³/mol. The zero-order chi connectivity index (χ0) is 15.7. The molecule has 2 aromatic rings. The molecule has 0 saturated carbocycles. The van der Waals surface area contributed by atoms with E-state index in [0.717, 1.165) is 29.5 Å². The minimum atomic E-state index is -0.00758. The summed E-state index contributed by atoms with van der Waals surface area (Å²) in [7, 11) is 0. The van der Waals surface area contributed by atoms with Gasteiger partial charge in [-0.1, -0.05) is 17.7 Å². The normalized spacial score (nSPS) is 15.2. The van der Waals surface area contributed by atoms with E-state index in [2.05, 4.69) is 22.0 Å². The average molecular weight is 319 g/mol. The number of aryl methyl sites for hydroxylation is 2. The first-order chi connectivity index (χ1) is 10.5. The molecule has 116 valence electrons. The molecule has 0 unspecified atom stereocenters. The molecule has 1 fully saturated rings. The van der Waals surface area contributed by atoms with Gasteiger partial charge in [0, 0.05) is 42.6 Å². The lowest BCUT2D eigenvalue weighted by atomic mass is 10.1. The number of carbonyl (C=O) groups is 1. The van der Waals surface area contributed by atoms with Crippen molar-refractivity contribution in [1.29, 1.82) is 0 Å². The molecular formula is C16H19ClN4O. The quantitative estimate of drug-likeness (QED) is 0.926. The van der Waals surface area contributed by atoms with Crippen molar-refractivity contribution in [1.82, 2.24) is 15.1 Å². The third kappa shape index (κ3) is 2.95. The van der Waals surface area contributed by atoms with E-state index in [9.17, 15) is 4.79 Å². The fourth-order valence-electron chi connectivity index (χ4n) is 2.76. The molecule has 1 aromatic carbocycles. The molecule has 0 radical (unpaired) electrons. The van der Waals surface area contributed by atoms with Crippen LogP contribution in [-0.4, -0.2) is 47.2 Å². The van der Waals surface area contributed by atoms with Crippen molar-refractivity contribution >= 4 is 23.2 Å². The number of hydrogen-bond donors (Lipinski definition) is 1. The molecule has 1 amide bonds. The number of hydrogen-bond acceptors (Lipinski definition) is 3. The fraction of sp³-hybridized carbons (Fsp3) is 0.375. The van der Waals surface area contributed by atoms with Gasteiger partial charge in [0.25, 0.3) is 5.91 Å². The standard InChI is InChI=1S/C16H19ClN4O/c1-11-3-4-13(17)10-15(11)20-5-7-21(8-6-20)16(22)14-9-12(2)18-19-14/h3-4,9-10H,5-8H2,1-2H3,(H,18,19). The topological polar surface area (TPSA) is 52.2 Å². The highest BCUT2D eigenvalue weighted by molar-refractivity contribution is 6.30. The zero-order valence-corrected chi connectivity index (χ0v) is 13.5.